The number of fused-ring (bicyclic) bond motifs is 1. The molecule has 0 spiro atoms. The van der Waals surface area contributed by atoms with Gasteiger partial charge in [0.1, 0.15) is 11.3 Å². The number of hydrogen-bond acceptors (Lipinski definition) is 1. The maximum absolute atomic E-state index is 13.7. The minimum atomic E-state index is -0.587. The Morgan fingerprint density at radius 1 is 1.28 bits per heavy atom. The molecular formula is C13H14F2N2S. The molecule has 2 nitrogen and oxygen atoms in total. The van der Waals surface area contributed by atoms with Crippen molar-refractivity contribution in [2.24, 2.45) is 0 Å². The van der Waals surface area contributed by atoms with E-state index in [4.69, 9.17) is 12.2 Å². The fourth-order valence-electron chi connectivity index (χ4n) is 3.03. The summed E-state index contributed by atoms with van der Waals surface area (Å²) in [5.41, 5.74) is 0.701. The molecule has 0 bridgehead atoms. The van der Waals surface area contributed by atoms with Gasteiger partial charge in [0.15, 0.2) is 10.6 Å². The highest BCUT2D eigenvalue weighted by atomic mass is 32.1. The number of halogens is 2. The largest absolute Gasteiger partial charge is 0.328 e. The number of aromatic amines is 1. The van der Waals surface area contributed by atoms with Crippen LogP contribution in [0.4, 0.5) is 8.78 Å². The van der Waals surface area contributed by atoms with E-state index >= 15 is 0 Å². The van der Waals surface area contributed by atoms with E-state index < -0.39 is 11.6 Å². The van der Waals surface area contributed by atoms with Crippen LogP contribution in [0.2, 0.25) is 0 Å². The zero-order valence-corrected chi connectivity index (χ0v) is 10.9. The van der Waals surface area contributed by atoms with Crippen molar-refractivity contribution in [3.8, 4) is 0 Å². The van der Waals surface area contributed by atoms with E-state index in [-0.39, 0.29) is 5.54 Å². The molecule has 3 rings (SSSR count). The molecule has 0 radical (unpaired) electrons. The quantitative estimate of drug-likeness (QED) is 0.766. The molecule has 0 saturated heterocycles. The predicted octanol–water partition coefficient (Wildman–Crippen LogP) is 4.27. The Kier molecular flexibility index (Phi) is 2.55. The summed E-state index contributed by atoms with van der Waals surface area (Å²) in [5, 5.41) is 0. The Hall–Kier alpha value is -1.23. The van der Waals surface area contributed by atoms with Gasteiger partial charge in [0.2, 0.25) is 0 Å². The third-order valence-corrected chi connectivity index (χ3v) is 4.22. The van der Waals surface area contributed by atoms with Gasteiger partial charge in [-0.25, -0.2) is 8.78 Å². The Morgan fingerprint density at radius 2 is 1.94 bits per heavy atom. The van der Waals surface area contributed by atoms with Gasteiger partial charge in [-0.2, -0.15) is 0 Å². The molecule has 1 aromatic heterocycles. The fourth-order valence-corrected chi connectivity index (χ4v) is 3.45. The molecular weight excluding hydrogens is 254 g/mol. The second-order valence-corrected chi connectivity index (χ2v) is 5.64. The molecule has 0 unspecified atom stereocenters. The summed E-state index contributed by atoms with van der Waals surface area (Å²) in [5.74, 6) is -1.15. The van der Waals surface area contributed by atoms with Crippen LogP contribution in [0.5, 0.6) is 0 Å². The molecule has 0 amide bonds. The van der Waals surface area contributed by atoms with Crippen molar-refractivity contribution in [3.63, 3.8) is 0 Å². The number of rotatable bonds is 1. The molecule has 1 saturated carbocycles. The zero-order valence-electron chi connectivity index (χ0n) is 10.1. The fraction of sp³-hybridized carbons (Fsp3) is 0.462. The number of benzene rings is 1. The van der Waals surface area contributed by atoms with Gasteiger partial charge in [-0.15, -0.1) is 0 Å². The van der Waals surface area contributed by atoms with E-state index in [0.717, 1.165) is 31.7 Å². The Balaban J connectivity index is 2.35. The lowest BCUT2D eigenvalue weighted by molar-refractivity contribution is 0.335. The summed E-state index contributed by atoms with van der Waals surface area (Å²) >= 11 is 5.28. The lowest BCUT2D eigenvalue weighted by Crippen LogP contribution is -2.26. The molecule has 0 aliphatic heterocycles. The molecule has 5 heteroatoms. The van der Waals surface area contributed by atoms with Crippen molar-refractivity contribution >= 4 is 23.3 Å². The van der Waals surface area contributed by atoms with Gasteiger partial charge in [-0.1, -0.05) is 12.8 Å². The molecule has 1 fully saturated rings. The molecule has 1 heterocycles. The zero-order chi connectivity index (χ0) is 12.9. The number of imidazole rings is 1. The molecule has 0 atom stereocenters. The van der Waals surface area contributed by atoms with E-state index in [1.54, 1.807) is 0 Å². The molecule has 1 aromatic carbocycles. The van der Waals surface area contributed by atoms with Crippen molar-refractivity contribution in [2.75, 3.05) is 0 Å². The second kappa shape index (κ2) is 3.88. The average Bonchev–Trinajstić information content (AvgIpc) is 2.83. The van der Waals surface area contributed by atoms with Crippen LogP contribution in [0.3, 0.4) is 0 Å². The van der Waals surface area contributed by atoms with Gasteiger partial charge in [0.05, 0.1) is 5.52 Å². The first-order valence-corrected chi connectivity index (χ1v) is 6.52. The standard InChI is InChI=1S/C13H14F2N2S/c1-13(4-2-3-5-13)17-10-7-8(14)6-9(15)11(10)16-12(17)18/h6-7H,2-5H2,1H3,(H,16,18). The molecule has 1 aliphatic carbocycles. The summed E-state index contributed by atoms with van der Waals surface area (Å²) in [7, 11) is 0. The Labute approximate surface area is 109 Å². The van der Waals surface area contributed by atoms with E-state index in [2.05, 4.69) is 11.9 Å². The van der Waals surface area contributed by atoms with Crippen LogP contribution < -0.4 is 0 Å². The maximum atomic E-state index is 13.7. The highest BCUT2D eigenvalue weighted by Crippen LogP contribution is 2.38. The highest BCUT2D eigenvalue weighted by Gasteiger charge is 2.32. The van der Waals surface area contributed by atoms with Crippen molar-refractivity contribution in [1.29, 1.82) is 0 Å². The van der Waals surface area contributed by atoms with E-state index in [1.807, 2.05) is 4.57 Å². The van der Waals surface area contributed by atoms with Crippen LogP contribution in [0, 0.1) is 16.4 Å². The minimum absolute atomic E-state index is 0.129. The molecule has 1 N–H and O–H groups in total. The first-order valence-electron chi connectivity index (χ1n) is 6.11. The number of hydrogen-bond donors (Lipinski definition) is 1. The lowest BCUT2D eigenvalue weighted by atomic mass is 10.00. The number of aromatic nitrogens is 2. The molecule has 96 valence electrons. The van der Waals surface area contributed by atoms with Gasteiger partial charge in [0.25, 0.3) is 0 Å². The van der Waals surface area contributed by atoms with Crippen LogP contribution in [-0.2, 0) is 5.54 Å². The van der Waals surface area contributed by atoms with Gasteiger partial charge >= 0.3 is 0 Å². The van der Waals surface area contributed by atoms with Crippen molar-refractivity contribution < 1.29 is 8.78 Å². The van der Waals surface area contributed by atoms with Gasteiger partial charge in [-0.3, -0.25) is 0 Å². The van der Waals surface area contributed by atoms with Crippen molar-refractivity contribution in [3.05, 3.63) is 28.5 Å². The average molecular weight is 268 g/mol. The third kappa shape index (κ3) is 1.61. The Morgan fingerprint density at radius 3 is 2.61 bits per heavy atom. The number of nitrogens with zero attached hydrogens (tertiary/aromatic N) is 1. The first-order chi connectivity index (χ1) is 8.51. The van der Waals surface area contributed by atoms with E-state index in [0.29, 0.717) is 15.8 Å². The topological polar surface area (TPSA) is 20.7 Å². The second-order valence-electron chi connectivity index (χ2n) is 5.25. The van der Waals surface area contributed by atoms with Crippen LogP contribution in [0.15, 0.2) is 12.1 Å². The summed E-state index contributed by atoms with van der Waals surface area (Å²) in [6.07, 6.45) is 4.24. The monoisotopic (exact) mass is 268 g/mol. The van der Waals surface area contributed by atoms with E-state index in [9.17, 15) is 8.78 Å². The van der Waals surface area contributed by atoms with Crippen LogP contribution in [-0.4, -0.2) is 9.55 Å². The summed E-state index contributed by atoms with van der Waals surface area (Å²) in [4.78, 5) is 2.86. The smallest absolute Gasteiger partial charge is 0.178 e. The van der Waals surface area contributed by atoms with Crippen LogP contribution in [0.25, 0.3) is 11.0 Å². The van der Waals surface area contributed by atoms with Crippen LogP contribution in [0.1, 0.15) is 32.6 Å². The van der Waals surface area contributed by atoms with Gasteiger partial charge in [0, 0.05) is 11.6 Å². The summed E-state index contributed by atoms with van der Waals surface area (Å²) in [6.45, 7) is 2.10. The molecule has 2 aromatic rings. The normalized spacial score (nSPS) is 18.6. The number of nitrogens with one attached hydrogen (secondary N) is 1. The van der Waals surface area contributed by atoms with Crippen molar-refractivity contribution in [2.45, 2.75) is 38.1 Å². The lowest BCUT2D eigenvalue weighted by Gasteiger charge is -2.26. The maximum Gasteiger partial charge on any atom is 0.178 e. The highest BCUT2D eigenvalue weighted by molar-refractivity contribution is 7.71. The molecule has 18 heavy (non-hydrogen) atoms. The minimum Gasteiger partial charge on any atom is -0.328 e. The Bertz CT molecular complexity index is 665. The van der Waals surface area contributed by atoms with Crippen molar-refractivity contribution in [1.82, 2.24) is 9.55 Å². The summed E-state index contributed by atoms with van der Waals surface area (Å²) < 4.78 is 29.5. The first kappa shape index (κ1) is 11.8. The third-order valence-electron chi connectivity index (χ3n) is 3.93. The van der Waals surface area contributed by atoms with Crippen LogP contribution >= 0.6 is 12.2 Å². The summed E-state index contributed by atoms with van der Waals surface area (Å²) in [6, 6.07) is 2.24. The van der Waals surface area contributed by atoms with Gasteiger partial charge in [-0.05, 0) is 38.0 Å². The predicted molar refractivity (Wildman–Crippen MR) is 69.2 cm³/mol. The molecule has 1 aliphatic rings. The van der Waals surface area contributed by atoms with Gasteiger partial charge < -0.3 is 9.55 Å². The van der Waals surface area contributed by atoms with E-state index in [1.165, 1.54) is 6.07 Å². The number of H-pyrrole nitrogens is 1. The SMILES string of the molecule is CC1(n2c(=S)[nH]c3c(F)cc(F)cc32)CCCC1.